The van der Waals surface area contributed by atoms with E-state index in [0.29, 0.717) is 12.4 Å². The van der Waals surface area contributed by atoms with Crippen LogP contribution in [0.3, 0.4) is 0 Å². The van der Waals surface area contributed by atoms with E-state index in [1.54, 1.807) is 12.1 Å². The molecule has 28 heavy (non-hydrogen) atoms. The van der Waals surface area contributed by atoms with Gasteiger partial charge in [0.1, 0.15) is 16.4 Å². The first-order valence-electron chi connectivity index (χ1n) is 9.44. The Bertz CT molecular complexity index is 941. The summed E-state index contributed by atoms with van der Waals surface area (Å²) >= 11 is 0. The molecule has 0 aliphatic carbocycles. The minimum atomic E-state index is -3.71. The maximum absolute atomic E-state index is 13.0. The van der Waals surface area contributed by atoms with Crippen LogP contribution in [-0.4, -0.2) is 47.7 Å². The standard InChI is InChI=1S/C21H28N2O4S/c1-5-15-6-8-20(26-4)21(12-15)28(24,25)22-14-18(23(2)3)16-7-9-19-17(13-16)10-11-27-19/h6-9,12-13,18,22H,5,10-11,14H2,1-4H3. The number of nitrogens with zero attached hydrogens (tertiary/aromatic N) is 1. The monoisotopic (exact) mass is 404 g/mol. The van der Waals surface area contributed by atoms with Gasteiger partial charge >= 0.3 is 0 Å². The predicted octanol–water partition coefficient (Wildman–Crippen LogP) is 2.77. The first-order valence-corrected chi connectivity index (χ1v) is 10.9. The molecule has 0 radical (unpaired) electrons. The van der Waals surface area contributed by atoms with Gasteiger partial charge in [0.05, 0.1) is 13.7 Å². The van der Waals surface area contributed by atoms with Crippen LogP contribution >= 0.6 is 0 Å². The number of methoxy groups -OCH3 is 1. The van der Waals surface area contributed by atoms with Crippen LogP contribution in [0.4, 0.5) is 0 Å². The fourth-order valence-corrected chi connectivity index (χ4v) is 4.69. The first-order chi connectivity index (χ1) is 13.4. The molecule has 6 nitrogen and oxygen atoms in total. The average molecular weight is 405 g/mol. The largest absolute Gasteiger partial charge is 0.495 e. The van der Waals surface area contributed by atoms with Crippen molar-refractivity contribution in [1.82, 2.24) is 9.62 Å². The highest BCUT2D eigenvalue weighted by atomic mass is 32.2. The summed E-state index contributed by atoms with van der Waals surface area (Å²) < 4.78 is 39.6. The van der Waals surface area contributed by atoms with E-state index < -0.39 is 10.0 Å². The predicted molar refractivity (Wildman–Crippen MR) is 110 cm³/mol. The summed E-state index contributed by atoms with van der Waals surface area (Å²) in [6.07, 6.45) is 1.64. The van der Waals surface area contributed by atoms with E-state index in [-0.39, 0.29) is 17.5 Å². The van der Waals surface area contributed by atoms with E-state index in [4.69, 9.17) is 9.47 Å². The van der Waals surface area contributed by atoms with Gasteiger partial charge in [-0.1, -0.05) is 25.1 Å². The summed E-state index contributed by atoms with van der Waals surface area (Å²) in [5.41, 5.74) is 3.18. The Balaban J connectivity index is 1.84. The maximum Gasteiger partial charge on any atom is 0.244 e. The molecule has 152 valence electrons. The van der Waals surface area contributed by atoms with Gasteiger partial charge in [-0.3, -0.25) is 0 Å². The fourth-order valence-electron chi connectivity index (χ4n) is 3.43. The Morgan fingerprint density at radius 2 is 2.00 bits per heavy atom. The number of ether oxygens (including phenoxy) is 2. The third-order valence-corrected chi connectivity index (χ3v) is 6.56. The first kappa shape index (κ1) is 20.6. The molecule has 1 unspecified atom stereocenters. The van der Waals surface area contributed by atoms with Gasteiger partial charge in [0.2, 0.25) is 10.0 Å². The van der Waals surface area contributed by atoms with E-state index in [9.17, 15) is 8.42 Å². The lowest BCUT2D eigenvalue weighted by Crippen LogP contribution is -2.34. The molecule has 0 spiro atoms. The van der Waals surface area contributed by atoms with Crippen LogP contribution in [0.5, 0.6) is 11.5 Å². The van der Waals surface area contributed by atoms with Crippen LogP contribution in [0, 0.1) is 0 Å². The van der Waals surface area contributed by atoms with E-state index in [0.717, 1.165) is 29.7 Å². The molecule has 0 saturated carbocycles. The van der Waals surface area contributed by atoms with Crippen molar-refractivity contribution in [3.8, 4) is 11.5 Å². The van der Waals surface area contributed by atoms with Crippen LogP contribution in [0.15, 0.2) is 41.3 Å². The second kappa shape index (κ2) is 8.51. The number of likely N-dealkylation sites (N-methyl/N-ethyl adjacent to an activating group) is 1. The zero-order valence-electron chi connectivity index (χ0n) is 16.9. The molecule has 0 amide bonds. The lowest BCUT2D eigenvalue weighted by Gasteiger charge is -2.25. The Labute approximate surface area is 167 Å². The number of fused-ring (bicyclic) bond motifs is 1. The molecule has 0 aromatic heterocycles. The van der Waals surface area contributed by atoms with Crippen LogP contribution in [0.2, 0.25) is 0 Å². The highest BCUT2D eigenvalue weighted by Gasteiger charge is 2.24. The van der Waals surface area contributed by atoms with Crippen molar-refractivity contribution >= 4 is 10.0 Å². The fraction of sp³-hybridized carbons (Fsp3) is 0.429. The summed E-state index contributed by atoms with van der Waals surface area (Å²) in [5.74, 6) is 1.27. The normalized spacial score (nSPS) is 14.6. The number of hydrogen-bond donors (Lipinski definition) is 1. The molecular weight excluding hydrogens is 376 g/mol. The molecule has 1 aliphatic rings. The second-order valence-corrected chi connectivity index (χ2v) is 8.87. The van der Waals surface area contributed by atoms with Crippen molar-refractivity contribution in [2.24, 2.45) is 0 Å². The molecule has 1 atom stereocenters. The van der Waals surface area contributed by atoms with Gasteiger partial charge in [-0.15, -0.1) is 0 Å². The molecule has 0 bridgehead atoms. The maximum atomic E-state index is 13.0. The number of aryl methyl sites for hydroxylation is 1. The smallest absolute Gasteiger partial charge is 0.244 e. The van der Waals surface area contributed by atoms with Crippen LogP contribution in [0.25, 0.3) is 0 Å². The molecule has 2 aromatic rings. The second-order valence-electron chi connectivity index (χ2n) is 7.14. The van der Waals surface area contributed by atoms with Gasteiger partial charge in [-0.05, 0) is 55.4 Å². The van der Waals surface area contributed by atoms with E-state index in [2.05, 4.69) is 10.8 Å². The zero-order chi connectivity index (χ0) is 20.3. The van der Waals surface area contributed by atoms with Crippen LogP contribution in [-0.2, 0) is 22.9 Å². The average Bonchev–Trinajstić information content (AvgIpc) is 3.15. The third-order valence-electron chi connectivity index (χ3n) is 5.11. The lowest BCUT2D eigenvalue weighted by molar-refractivity contribution is 0.299. The van der Waals surface area contributed by atoms with Gasteiger partial charge in [0, 0.05) is 19.0 Å². The van der Waals surface area contributed by atoms with Crippen molar-refractivity contribution in [3.05, 3.63) is 53.1 Å². The van der Waals surface area contributed by atoms with E-state index >= 15 is 0 Å². The highest BCUT2D eigenvalue weighted by Crippen LogP contribution is 2.30. The van der Waals surface area contributed by atoms with E-state index in [1.165, 1.54) is 12.7 Å². The number of benzene rings is 2. The SMILES string of the molecule is CCc1ccc(OC)c(S(=O)(=O)NCC(c2ccc3c(c2)CCO3)N(C)C)c1. The highest BCUT2D eigenvalue weighted by molar-refractivity contribution is 7.89. The Morgan fingerprint density at radius 3 is 2.68 bits per heavy atom. The molecule has 3 rings (SSSR count). The summed E-state index contributed by atoms with van der Waals surface area (Å²) in [6, 6.07) is 11.3. The van der Waals surface area contributed by atoms with Crippen molar-refractivity contribution < 1.29 is 17.9 Å². The lowest BCUT2D eigenvalue weighted by atomic mass is 10.0. The Kier molecular flexibility index (Phi) is 6.27. The van der Waals surface area contributed by atoms with Crippen LogP contribution < -0.4 is 14.2 Å². The van der Waals surface area contributed by atoms with Gasteiger partial charge in [-0.2, -0.15) is 0 Å². The molecule has 2 aromatic carbocycles. The minimum absolute atomic E-state index is 0.0963. The van der Waals surface area contributed by atoms with Gasteiger partial charge in [0.15, 0.2) is 0 Å². The van der Waals surface area contributed by atoms with Crippen molar-refractivity contribution in [2.75, 3.05) is 34.4 Å². The van der Waals surface area contributed by atoms with Crippen molar-refractivity contribution in [1.29, 1.82) is 0 Å². The number of rotatable bonds is 8. The molecule has 0 fully saturated rings. The Hall–Kier alpha value is -2.09. The molecule has 7 heteroatoms. The van der Waals surface area contributed by atoms with Gasteiger partial charge in [0.25, 0.3) is 0 Å². The van der Waals surface area contributed by atoms with Crippen molar-refractivity contribution in [2.45, 2.75) is 30.7 Å². The Morgan fingerprint density at radius 1 is 1.21 bits per heavy atom. The summed E-state index contributed by atoms with van der Waals surface area (Å²) in [5, 5.41) is 0. The molecule has 1 aliphatic heterocycles. The molecule has 1 N–H and O–H groups in total. The van der Waals surface area contributed by atoms with Crippen molar-refractivity contribution in [3.63, 3.8) is 0 Å². The van der Waals surface area contributed by atoms with Gasteiger partial charge in [-0.25, -0.2) is 13.1 Å². The summed E-state index contributed by atoms with van der Waals surface area (Å²) in [7, 11) is 1.66. The van der Waals surface area contributed by atoms with Crippen LogP contribution in [0.1, 0.15) is 29.7 Å². The van der Waals surface area contributed by atoms with Gasteiger partial charge < -0.3 is 14.4 Å². The zero-order valence-corrected chi connectivity index (χ0v) is 17.7. The topological polar surface area (TPSA) is 67.9 Å². The molecule has 0 saturated heterocycles. The number of hydrogen-bond acceptors (Lipinski definition) is 5. The molecular formula is C21H28N2O4S. The minimum Gasteiger partial charge on any atom is -0.495 e. The molecule has 1 heterocycles. The summed E-state index contributed by atoms with van der Waals surface area (Å²) in [6.45, 7) is 2.95. The quantitative estimate of drug-likeness (QED) is 0.733. The third kappa shape index (κ3) is 4.32. The summed E-state index contributed by atoms with van der Waals surface area (Å²) in [4.78, 5) is 2.19. The number of nitrogens with one attached hydrogen (secondary N) is 1. The number of sulfonamides is 1. The van der Waals surface area contributed by atoms with E-state index in [1.807, 2.05) is 44.1 Å².